The number of benzene rings is 2. The first-order chi connectivity index (χ1) is 17.6. The summed E-state index contributed by atoms with van der Waals surface area (Å²) in [6.45, 7) is 4.43. The summed E-state index contributed by atoms with van der Waals surface area (Å²) in [7, 11) is 0. The van der Waals surface area contributed by atoms with Crippen LogP contribution < -0.4 is 11.1 Å². The molecule has 37 heavy (non-hydrogen) atoms. The number of phenolic OH excluding ortho intramolecular Hbond substituents is 1. The number of primary amides is 1. The van der Waals surface area contributed by atoms with Crippen molar-refractivity contribution in [2.24, 2.45) is 29.4 Å². The van der Waals surface area contributed by atoms with Crippen LogP contribution in [-0.2, 0) is 27.3 Å². The van der Waals surface area contributed by atoms with Gasteiger partial charge in [0.2, 0.25) is 5.91 Å². The molecule has 0 aromatic heterocycles. The second kappa shape index (κ2) is 10.9. The second-order valence-electron chi connectivity index (χ2n) is 10.6. The number of aliphatic hydroxyl groups is 1. The van der Waals surface area contributed by atoms with E-state index in [1.165, 1.54) is 0 Å². The molecule has 0 heterocycles. The molecule has 2 aliphatic carbocycles. The molecule has 2 aromatic rings. The van der Waals surface area contributed by atoms with Gasteiger partial charge in [0.05, 0.1) is 12.2 Å². The molecule has 0 radical (unpaired) electrons. The van der Waals surface area contributed by atoms with E-state index in [0.29, 0.717) is 24.4 Å². The lowest BCUT2D eigenvalue weighted by molar-refractivity contribution is -0.147. The van der Waals surface area contributed by atoms with Crippen molar-refractivity contribution >= 4 is 23.3 Å². The average molecular weight is 507 g/mol. The van der Waals surface area contributed by atoms with Gasteiger partial charge in [-0.05, 0) is 53.0 Å². The van der Waals surface area contributed by atoms with Gasteiger partial charge in [0.1, 0.15) is 5.75 Å². The molecule has 5 N–H and O–H groups in total. The summed E-state index contributed by atoms with van der Waals surface area (Å²) in [6.07, 6.45) is 0.979. The first kappa shape index (κ1) is 26.7. The standard InChI is InChI=1S/C29H34N2O6/c1-15(2)31-13-16-3-5-18(6-4-16)20-7-8-23(33)26-21(20)10-17(11-24(26)34)9-19-12-25(35)27(29(30)37)28(36)22(19)14-32/h3-8,15,17,19,22,27,31-33H,9-14H2,1-2H3,(H2,30,37). The molecular formula is C29H34N2O6. The quantitative estimate of drug-likeness (QED) is 0.402. The van der Waals surface area contributed by atoms with Gasteiger partial charge < -0.3 is 21.3 Å². The summed E-state index contributed by atoms with van der Waals surface area (Å²) < 4.78 is 0. The first-order valence-electron chi connectivity index (χ1n) is 12.8. The Labute approximate surface area is 216 Å². The zero-order chi connectivity index (χ0) is 26.9. The number of rotatable bonds is 8. The summed E-state index contributed by atoms with van der Waals surface area (Å²) in [5.74, 6) is -5.43. The highest BCUT2D eigenvalue weighted by Crippen LogP contribution is 2.42. The zero-order valence-corrected chi connectivity index (χ0v) is 21.2. The molecule has 1 amide bonds. The van der Waals surface area contributed by atoms with Crippen LogP contribution in [0.2, 0.25) is 0 Å². The van der Waals surface area contributed by atoms with Crippen LogP contribution in [0.1, 0.15) is 54.6 Å². The van der Waals surface area contributed by atoms with Crippen LogP contribution in [0, 0.1) is 23.7 Å². The zero-order valence-electron chi connectivity index (χ0n) is 21.2. The highest BCUT2D eigenvalue weighted by atomic mass is 16.3. The number of phenols is 1. The monoisotopic (exact) mass is 506 g/mol. The van der Waals surface area contributed by atoms with Crippen LogP contribution in [0.4, 0.5) is 0 Å². The highest BCUT2D eigenvalue weighted by Gasteiger charge is 2.46. The Morgan fingerprint density at radius 1 is 1.05 bits per heavy atom. The summed E-state index contributed by atoms with van der Waals surface area (Å²) in [4.78, 5) is 50.0. The number of hydrogen-bond acceptors (Lipinski definition) is 7. The van der Waals surface area contributed by atoms with Crippen molar-refractivity contribution in [3.8, 4) is 16.9 Å². The van der Waals surface area contributed by atoms with Crippen LogP contribution in [-0.4, -0.2) is 46.1 Å². The lowest BCUT2D eigenvalue weighted by Gasteiger charge is -2.35. The number of nitrogens with two attached hydrogens (primary N) is 1. The van der Waals surface area contributed by atoms with Crippen molar-refractivity contribution in [2.45, 2.75) is 52.1 Å². The molecular weight excluding hydrogens is 472 g/mol. The smallest absolute Gasteiger partial charge is 0.235 e. The van der Waals surface area contributed by atoms with Crippen molar-refractivity contribution in [3.63, 3.8) is 0 Å². The summed E-state index contributed by atoms with van der Waals surface area (Å²) >= 11 is 0. The van der Waals surface area contributed by atoms with Crippen LogP contribution in [0.25, 0.3) is 11.1 Å². The van der Waals surface area contributed by atoms with E-state index in [-0.39, 0.29) is 30.3 Å². The van der Waals surface area contributed by atoms with Crippen LogP contribution >= 0.6 is 0 Å². The molecule has 0 bridgehead atoms. The molecule has 1 saturated carbocycles. The van der Waals surface area contributed by atoms with Gasteiger partial charge in [0, 0.05) is 31.3 Å². The molecule has 0 spiro atoms. The normalized spacial score (nSPS) is 23.8. The predicted molar refractivity (Wildman–Crippen MR) is 138 cm³/mol. The molecule has 4 atom stereocenters. The van der Waals surface area contributed by atoms with E-state index < -0.39 is 41.8 Å². The lowest BCUT2D eigenvalue weighted by Crippen LogP contribution is -2.48. The number of nitrogens with one attached hydrogen (secondary N) is 1. The van der Waals surface area contributed by atoms with Gasteiger partial charge >= 0.3 is 0 Å². The molecule has 4 unspecified atom stereocenters. The fraction of sp³-hybridized carbons (Fsp3) is 0.448. The SMILES string of the molecule is CC(C)NCc1ccc(-c2ccc(O)c3c2CC(CC2CC(=O)C(C(N)=O)C(=O)C2CO)CC3=O)cc1. The molecule has 8 nitrogen and oxygen atoms in total. The number of carbonyl (C=O) groups excluding carboxylic acids is 4. The maximum atomic E-state index is 13.2. The second-order valence-corrected chi connectivity index (χ2v) is 10.6. The minimum atomic E-state index is -1.51. The largest absolute Gasteiger partial charge is 0.507 e. The summed E-state index contributed by atoms with van der Waals surface area (Å²) in [6, 6.07) is 11.8. The number of carbonyl (C=O) groups is 4. The van der Waals surface area contributed by atoms with Crippen molar-refractivity contribution in [1.29, 1.82) is 0 Å². The highest BCUT2D eigenvalue weighted by molar-refractivity contribution is 6.20. The van der Waals surface area contributed by atoms with E-state index >= 15 is 0 Å². The average Bonchev–Trinajstić information content (AvgIpc) is 2.83. The van der Waals surface area contributed by atoms with Gasteiger partial charge in [0.25, 0.3) is 0 Å². The van der Waals surface area contributed by atoms with E-state index in [2.05, 4.69) is 19.2 Å². The number of Topliss-reactive ketones (excluding diaryl/α,β-unsaturated/α-hetero) is 3. The van der Waals surface area contributed by atoms with Crippen molar-refractivity contribution in [1.82, 2.24) is 5.32 Å². The number of hydrogen-bond donors (Lipinski definition) is 4. The minimum Gasteiger partial charge on any atom is -0.507 e. The van der Waals surface area contributed by atoms with Gasteiger partial charge in [0.15, 0.2) is 23.3 Å². The maximum Gasteiger partial charge on any atom is 0.235 e. The van der Waals surface area contributed by atoms with Gasteiger partial charge in [-0.2, -0.15) is 0 Å². The Hall–Kier alpha value is -3.36. The third-order valence-electron chi connectivity index (χ3n) is 7.64. The number of fused-ring (bicyclic) bond motifs is 1. The van der Waals surface area contributed by atoms with Gasteiger partial charge in [-0.15, -0.1) is 0 Å². The molecule has 2 aromatic carbocycles. The van der Waals surface area contributed by atoms with Crippen LogP contribution in [0.15, 0.2) is 36.4 Å². The number of ketones is 3. The lowest BCUT2D eigenvalue weighted by atomic mass is 9.67. The molecule has 196 valence electrons. The molecule has 0 aliphatic heterocycles. The summed E-state index contributed by atoms with van der Waals surface area (Å²) in [5.41, 5.74) is 9.25. The first-order valence-corrected chi connectivity index (χ1v) is 12.8. The van der Waals surface area contributed by atoms with Crippen LogP contribution in [0.3, 0.4) is 0 Å². The van der Waals surface area contributed by atoms with E-state index in [1.807, 2.05) is 30.3 Å². The number of aliphatic hydroxyl groups excluding tert-OH is 1. The Morgan fingerprint density at radius 3 is 2.38 bits per heavy atom. The third-order valence-corrected chi connectivity index (χ3v) is 7.64. The number of amides is 1. The van der Waals surface area contributed by atoms with Crippen molar-refractivity contribution < 1.29 is 29.4 Å². The van der Waals surface area contributed by atoms with Gasteiger partial charge in [-0.25, -0.2) is 0 Å². The van der Waals surface area contributed by atoms with E-state index in [0.717, 1.165) is 28.8 Å². The molecule has 4 rings (SSSR count). The van der Waals surface area contributed by atoms with Crippen LogP contribution in [0.5, 0.6) is 5.75 Å². The topological polar surface area (TPSA) is 147 Å². The third kappa shape index (κ3) is 5.50. The molecule has 0 saturated heterocycles. The van der Waals surface area contributed by atoms with Gasteiger partial charge in [-0.3, -0.25) is 19.2 Å². The maximum absolute atomic E-state index is 13.2. The molecule has 1 fully saturated rings. The van der Waals surface area contributed by atoms with E-state index in [9.17, 15) is 29.4 Å². The number of aromatic hydroxyl groups is 1. The van der Waals surface area contributed by atoms with Crippen molar-refractivity contribution in [3.05, 3.63) is 53.1 Å². The molecule has 8 heteroatoms. The summed E-state index contributed by atoms with van der Waals surface area (Å²) in [5, 5.41) is 23.8. The fourth-order valence-corrected chi connectivity index (χ4v) is 5.78. The van der Waals surface area contributed by atoms with Gasteiger partial charge in [-0.1, -0.05) is 44.2 Å². The van der Waals surface area contributed by atoms with E-state index in [4.69, 9.17) is 5.73 Å². The van der Waals surface area contributed by atoms with Crippen molar-refractivity contribution in [2.75, 3.05) is 6.61 Å². The Morgan fingerprint density at radius 2 is 1.76 bits per heavy atom. The minimum absolute atomic E-state index is 0.0408. The van der Waals surface area contributed by atoms with E-state index in [1.54, 1.807) is 6.07 Å². The fourth-order valence-electron chi connectivity index (χ4n) is 5.78. The Balaban J connectivity index is 1.59. The molecule has 2 aliphatic rings. The Bertz CT molecular complexity index is 1220. The Kier molecular flexibility index (Phi) is 7.90. The predicted octanol–water partition coefficient (Wildman–Crippen LogP) is 2.56.